The van der Waals surface area contributed by atoms with Crippen LogP contribution < -0.4 is 4.72 Å². The van der Waals surface area contributed by atoms with Gasteiger partial charge in [0.1, 0.15) is 0 Å². The largest absolute Gasteiger partial charge is 0.392 e. The Hall–Kier alpha value is -3.63. The number of ether oxygens (including phenoxy) is 2. The zero-order valence-corrected chi connectivity index (χ0v) is 25.1. The van der Waals surface area contributed by atoms with E-state index in [0.717, 1.165) is 46.5 Å². The minimum atomic E-state index is -3.63. The number of sulfonamides is 1. The van der Waals surface area contributed by atoms with Crippen LogP contribution in [0.25, 0.3) is 11.1 Å². The zero-order chi connectivity index (χ0) is 30.2. The van der Waals surface area contributed by atoms with Crippen LogP contribution >= 0.6 is 0 Å². The summed E-state index contributed by atoms with van der Waals surface area (Å²) in [6.45, 7) is 5.52. The molecule has 3 atom stereocenters. The smallest absolute Gasteiger partial charge is 0.240 e. The molecule has 0 bridgehead atoms. The van der Waals surface area contributed by atoms with Gasteiger partial charge in [-0.25, -0.2) is 13.1 Å². The van der Waals surface area contributed by atoms with E-state index in [0.29, 0.717) is 6.42 Å². The molecule has 5 rings (SSSR count). The summed E-state index contributed by atoms with van der Waals surface area (Å²) in [5.41, 5.74) is 5.59. The number of aliphatic hydroxyl groups is 1. The maximum Gasteiger partial charge on any atom is 0.240 e. The number of nitrogens with one attached hydrogen (secondary N) is 1. The summed E-state index contributed by atoms with van der Waals surface area (Å²) in [5, 5.41) is 9.46. The van der Waals surface area contributed by atoms with Gasteiger partial charge in [0.2, 0.25) is 10.0 Å². The first-order valence-corrected chi connectivity index (χ1v) is 15.9. The highest BCUT2D eigenvalue weighted by molar-refractivity contribution is 7.89. The molecular formula is C35H38N2O5S. The van der Waals surface area contributed by atoms with E-state index >= 15 is 0 Å². The predicted octanol–water partition coefficient (Wildman–Crippen LogP) is 5.99. The number of likely N-dealkylation sites (N-methyl/N-ethyl adjacent to an activating group) is 1. The van der Waals surface area contributed by atoms with Crippen LogP contribution in [0.15, 0.2) is 121 Å². The van der Waals surface area contributed by atoms with Crippen molar-refractivity contribution >= 4 is 10.0 Å². The van der Waals surface area contributed by atoms with E-state index in [9.17, 15) is 13.5 Å². The van der Waals surface area contributed by atoms with E-state index in [1.165, 1.54) is 0 Å². The van der Waals surface area contributed by atoms with Crippen LogP contribution in [0.5, 0.6) is 0 Å². The molecule has 4 aromatic rings. The second-order valence-electron chi connectivity index (χ2n) is 10.8. The van der Waals surface area contributed by atoms with Crippen LogP contribution in [0, 0.1) is 0 Å². The van der Waals surface area contributed by atoms with E-state index in [1.807, 2.05) is 85.9 Å². The fraction of sp³-hybridized carbons (Fsp3) is 0.257. The molecule has 1 heterocycles. The van der Waals surface area contributed by atoms with Crippen molar-refractivity contribution in [1.29, 1.82) is 0 Å². The molecule has 0 aliphatic carbocycles. The van der Waals surface area contributed by atoms with Crippen LogP contribution in [0.3, 0.4) is 0 Å². The highest BCUT2D eigenvalue weighted by Crippen LogP contribution is 2.38. The maximum absolute atomic E-state index is 12.8. The summed E-state index contributed by atoms with van der Waals surface area (Å²) in [6.07, 6.45) is 1.82. The number of nitrogens with zero attached hydrogens (tertiary/aromatic N) is 1. The van der Waals surface area contributed by atoms with Crippen LogP contribution in [0.2, 0.25) is 0 Å². The van der Waals surface area contributed by atoms with E-state index < -0.39 is 16.3 Å². The lowest BCUT2D eigenvalue weighted by Crippen LogP contribution is -2.37. The maximum atomic E-state index is 12.8. The molecule has 0 aromatic heterocycles. The number of aliphatic hydroxyl groups excluding tert-OH is 1. The van der Waals surface area contributed by atoms with E-state index in [4.69, 9.17) is 9.47 Å². The summed E-state index contributed by atoms with van der Waals surface area (Å²) in [5.74, 6) is 0. The van der Waals surface area contributed by atoms with Crippen LogP contribution in [-0.2, 0) is 32.6 Å². The Morgan fingerprint density at radius 1 is 0.907 bits per heavy atom. The molecule has 7 nitrogen and oxygen atoms in total. The van der Waals surface area contributed by atoms with Gasteiger partial charge in [0, 0.05) is 31.6 Å². The van der Waals surface area contributed by atoms with Gasteiger partial charge in [0.15, 0.2) is 6.29 Å². The average molecular weight is 599 g/mol. The SMILES string of the molecule is C=CCN(C)CC1CC(c2ccc(CO)cc2)OC(c2ccc(-c3ccccc3CNS(=O)(=O)c3ccccc3)cc2)O1. The Kier molecular flexibility index (Phi) is 10.2. The van der Waals surface area contributed by atoms with Crippen molar-refractivity contribution in [3.8, 4) is 11.1 Å². The van der Waals surface area contributed by atoms with Gasteiger partial charge in [-0.3, -0.25) is 0 Å². The number of hydrogen-bond acceptors (Lipinski definition) is 6. The average Bonchev–Trinajstić information content (AvgIpc) is 3.04. The lowest BCUT2D eigenvalue weighted by Gasteiger charge is -2.37. The van der Waals surface area contributed by atoms with Crippen molar-refractivity contribution in [2.24, 2.45) is 0 Å². The summed E-state index contributed by atoms with van der Waals surface area (Å²) in [7, 11) is -1.58. The molecular weight excluding hydrogens is 560 g/mol. The van der Waals surface area contributed by atoms with Gasteiger partial charge in [0.25, 0.3) is 0 Å². The standard InChI is InChI=1S/C35H38N2O5S/c1-3-21-37(2)24-31-22-34(28-15-13-26(25-38)14-16-28)42-35(41-31)29-19-17-27(18-20-29)33-12-8-7-9-30(33)23-36-43(39,40)32-10-5-4-6-11-32/h3-20,31,34-36,38H,1,21-25H2,2H3. The van der Waals surface area contributed by atoms with Crippen molar-refractivity contribution in [2.45, 2.75) is 43.0 Å². The van der Waals surface area contributed by atoms with E-state index in [1.54, 1.807) is 30.3 Å². The third-order valence-electron chi connectivity index (χ3n) is 7.59. The molecule has 1 aliphatic heterocycles. The third kappa shape index (κ3) is 7.86. The van der Waals surface area contributed by atoms with Crippen molar-refractivity contribution < 1.29 is 23.0 Å². The number of benzene rings is 4. The zero-order valence-electron chi connectivity index (χ0n) is 24.3. The van der Waals surface area contributed by atoms with Gasteiger partial charge in [-0.05, 0) is 47.0 Å². The molecule has 1 aliphatic rings. The fourth-order valence-electron chi connectivity index (χ4n) is 5.31. The molecule has 2 N–H and O–H groups in total. The first-order chi connectivity index (χ1) is 20.9. The summed E-state index contributed by atoms with van der Waals surface area (Å²) < 4.78 is 41.3. The van der Waals surface area contributed by atoms with Crippen LogP contribution in [0.4, 0.5) is 0 Å². The van der Waals surface area contributed by atoms with Gasteiger partial charge < -0.3 is 19.5 Å². The second kappa shape index (κ2) is 14.2. The first kappa shape index (κ1) is 30.8. The van der Waals surface area contributed by atoms with Crippen LogP contribution in [-0.4, -0.2) is 44.7 Å². The molecule has 1 saturated heterocycles. The van der Waals surface area contributed by atoms with Gasteiger partial charge in [0.05, 0.1) is 23.7 Å². The Balaban J connectivity index is 1.34. The van der Waals surface area contributed by atoms with Crippen molar-refractivity contribution in [2.75, 3.05) is 20.1 Å². The minimum absolute atomic E-state index is 0.000884. The molecule has 0 saturated carbocycles. The Labute approximate surface area is 254 Å². The molecule has 4 aromatic carbocycles. The Bertz CT molecular complexity index is 1590. The van der Waals surface area contributed by atoms with Gasteiger partial charge in [-0.2, -0.15) is 0 Å². The van der Waals surface area contributed by atoms with Crippen molar-refractivity contribution in [3.63, 3.8) is 0 Å². The van der Waals surface area contributed by atoms with Gasteiger partial charge in [-0.15, -0.1) is 6.58 Å². The quantitative estimate of drug-likeness (QED) is 0.195. The van der Waals surface area contributed by atoms with Crippen LogP contribution in [0.1, 0.15) is 41.1 Å². The lowest BCUT2D eigenvalue weighted by molar-refractivity contribution is -0.252. The molecule has 43 heavy (non-hydrogen) atoms. The monoisotopic (exact) mass is 598 g/mol. The summed E-state index contributed by atoms with van der Waals surface area (Å²) in [4.78, 5) is 2.42. The van der Waals surface area contributed by atoms with Gasteiger partial charge in [-0.1, -0.05) is 97.1 Å². The van der Waals surface area contributed by atoms with E-state index in [2.05, 4.69) is 16.2 Å². The molecule has 0 spiro atoms. The fourth-order valence-corrected chi connectivity index (χ4v) is 6.33. The summed E-state index contributed by atoms with van der Waals surface area (Å²) in [6, 6.07) is 32.1. The predicted molar refractivity (Wildman–Crippen MR) is 168 cm³/mol. The molecule has 0 amide bonds. The highest BCUT2D eigenvalue weighted by Gasteiger charge is 2.32. The third-order valence-corrected chi connectivity index (χ3v) is 9.01. The van der Waals surface area contributed by atoms with Crippen molar-refractivity contribution in [3.05, 3.63) is 138 Å². The Morgan fingerprint density at radius 3 is 2.28 bits per heavy atom. The first-order valence-electron chi connectivity index (χ1n) is 14.4. The topological polar surface area (TPSA) is 88.1 Å². The number of hydrogen-bond donors (Lipinski definition) is 2. The summed E-state index contributed by atoms with van der Waals surface area (Å²) >= 11 is 0. The van der Waals surface area contributed by atoms with E-state index in [-0.39, 0.29) is 30.3 Å². The lowest BCUT2D eigenvalue weighted by atomic mass is 9.97. The second-order valence-corrected chi connectivity index (χ2v) is 12.5. The molecule has 8 heteroatoms. The highest BCUT2D eigenvalue weighted by atomic mass is 32.2. The van der Waals surface area contributed by atoms with Gasteiger partial charge >= 0.3 is 0 Å². The molecule has 0 radical (unpaired) electrons. The Morgan fingerprint density at radius 2 is 1.58 bits per heavy atom. The molecule has 3 unspecified atom stereocenters. The molecule has 224 valence electrons. The van der Waals surface area contributed by atoms with Crippen molar-refractivity contribution in [1.82, 2.24) is 9.62 Å². The number of rotatable bonds is 12. The normalized spacial score (nSPS) is 18.9. The minimum Gasteiger partial charge on any atom is -0.392 e. The molecule has 1 fully saturated rings.